The molecule has 0 aliphatic heterocycles. The fourth-order valence-electron chi connectivity index (χ4n) is 5.02. The lowest BCUT2D eigenvalue weighted by Crippen LogP contribution is -2.53. The Labute approximate surface area is 241 Å². The molecule has 0 unspecified atom stereocenters. The molecule has 1 atom stereocenters. The van der Waals surface area contributed by atoms with Gasteiger partial charge in [-0.25, -0.2) is 0 Å². The Morgan fingerprint density at radius 1 is 0.974 bits per heavy atom. The van der Waals surface area contributed by atoms with Crippen LogP contribution in [0.1, 0.15) is 54.4 Å². The summed E-state index contributed by atoms with van der Waals surface area (Å²) in [6.07, 6.45) is 5.67. The van der Waals surface area contributed by atoms with Crippen molar-refractivity contribution in [3.05, 3.63) is 99.0 Å². The molecule has 1 saturated carbocycles. The summed E-state index contributed by atoms with van der Waals surface area (Å²) in [5, 5.41) is 4.20. The van der Waals surface area contributed by atoms with Crippen molar-refractivity contribution in [3.8, 4) is 5.75 Å². The van der Waals surface area contributed by atoms with Crippen molar-refractivity contribution < 1.29 is 14.3 Å². The molecule has 2 amide bonds. The summed E-state index contributed by atoms with van der Waals surface area (Å²) in [6.45, 7) is 3.88. The SMILES string of the molecule is Cc1ccc(C)c(OCC(=O)N(Cc2ccc(Cl)cc2Cl)[C@H](Cc2ccccc2)C(=O)NC2CCCCC2)c1. The molecule has 0 bridgehead atoms. The molecular weight excluding hydrogens is 531 g/mol. The molecule has 0 spiro atoms. The number of benzene rings is 3. The zero-order valence-electron chi connectivity index (χ0n) is 22.6. The quantitative estimate of drug-likeness (QED) is 0.285. The third-order valence-corrected chi connectivity index (χ3v) is 7.86. The number of carbonyl (C=O) groups excluding carboxylic acids is 2. The molecule has 5 nitrogen and oxygen atoms in total. The topological polar surface area (TPSA) is 58.6 Å². The largest absolute Gasteiger partial charge is 0.483 e. The van der Waals surface area contributed by atoms with Crippen LogP contribution in [0.4, 0.5) is 0 Å². The highest BCUT2D eigenvalue weighted by atomic mass is 35.5. The van der Waals surface area contributed by atoms with Gasteiger partial charge in [0.05, 0.1) is 0 Å². The summed E-state index contributed by atoms with van der Waals surface area (Å²) in [5.41, 5.74) is 3.67. The lowest BCUT2D eigenvalue weighted by molar-refractivity contribution is -0.143. The van der Waals surface area contributed by atoms with Gasteiger partial charge in [-0.15, -0.1) is 0 Å². The number of hydrogen-bond acceptors (Lipinski definition) is 3. The van der Waals surface area contributed by atoms with Gasteiger partial charge in [-0.1, -0.05) is 91.0 Å². The summed E-state index contributed by atoms with van der Waals surface area (Å²) in [4.78, 5) is 29.3. The van der Waals surface area contributed by atoms with Gasteiger partial charge in [-0.3, -0.25) is 9.59 Å². The fourth-order valence-corrected chi connectivity index (χ4v) is 5.49. The van der Waals surface area contributed by atoms with Crippen molar-refractivity contribution in [3.63, 3.8) is 0 Å². The molecule has 0 aromatic heterocycles. The van der Waals surface area contributed by atoms with Gasteiger partial charge < -0.3 is 15.0 Å². The average Bonchev–Trinajstić information content (AvgIpc) is 2.93. The number of nitrogens with zero attached hydrogens (tertiary/aromatic N) is 1. The zero-order chi connectivity index (χ0) is 27.8. The van der Waals surface area contributed by atoms with E-state index in [0.717, 1.165) is 42.4 Å². The van der Waals surface area contributed by atoms with Crippen LogP contribution in [0.5, 0.6) is 5.75 Å². The number of ether oxygens (including phenoxy) is 1. The van der Waals surface area contributed by atoms with Gasteiger partial charge in [0.15, 0.2) is 6.61 Å². The third kappa shape index (κ3) is 8.23. The first-order valence-corrected chi connectivity index (χ1v) is 14.3. The van der Waals surface area contributed by atoms with Crippen LogP contribution >= 0.6 is 23.2 Å². The van der Waals surface area contributed by atoms with E-state index in [0.29, 0.717) is 27.8 Å². The molecule has 1 aliphatic carbocycles. The number of aryl methyl sites for hydroxylation is 2. The van der Waals surface area contributed by atoms with Crippen LogP contribution in [0.15, 0.2) is 66.7 Å². The highest BCUT2D eigenvalue weighted by molar-refractivity contribution is 6.35. The lowest BCUT2D eigenvalue weighted by atomic mass is 9.94. The molecule has 1 N–H and O–H groups in total. The standard InChI is InChI=1S/C32H36Cl2N2O3/c1-22-13-14-23(2)30(17-22)39-21-31(37)36(20-25-15-16-26(33)19-28(25)34)29(18-24-9-5-3-6-10-24)32(38)35-27-11-7-4-8-12-27/h3,5-6,9-10,13-17,19,27,29H,4,7-8,11-12,18,20-21H2,1-2H3,(H,35,38)/t29-/m1/s1. The molecule has 3 aromatic rings. The van der Waals surface area contributed by atoms with Crippen LogP contribution in [0.3, 0.4) is 0 Å². The second kappa shape index (κ2) is 13.9. The monoisotopic (exact) mass is 566 g/mol. The van der Waals surface area contributed by atoms with Crippen molar-refractivity contribution in [2.45, 2.75) is 71.0 Å². The Morgan fingerprint density at radius 3 is 2.44 bits per heavy atom. The van der Waals surface area contributed by atoms with Gasteiger partial charge in [0.2, 0.25) is 5.91 Å². The summed E-state index contributed by atoms with van der Waals surface area (Å²) >= 11 is 12.7. The smallest absolute Gasteiger partial charge is 0.261 e. The summed E-state index contributed by atoms with van der Waals surface area (Å²) in [6, 6.07) is 20.2. The maximum absolute atomic E-state index is 13.9. The molecule has 3 aromatic carbocycles. The minimum atomic E-state index is -0.740. The predicted octanol–water partition coefficient (Wildman–Crippen LogP) is 7.08. The van der Waals surface area contributed by atoms with E-state index >= 15 is 0 Å². The molecule has 0 radical (unpaired) electrons. The fraction of sp³-hybridized carbons (Fsp3) is 0.375. The molecule has 39 heavy (non-hydrogen) atoms. The van der Waals surface area contributed by atoms with Crippen molar-refractivity contribution >= 4 is 35.0 Å². The van der Waals surface area contributed by atoms with E-state index in [1.54, 1.807) is 23.1 Å². The minimum Gasteiger partial charge on any atom is -0.483 e. The van der Waals surface area contributed by atoms with Crippen molar-refractivity contribution in [1.29, 1.82) is 0 Å². The normalized spacial score (nSPS) is 14.5. The highest BCUT2D eigenvalue weighted by Crippen LogP contribution is 2.25. The van der Waals surface area contributed by atoms with Crippen LogP contribution < -0.4 is 10.1 Å². The lowest BCUT2D eigenvalue weighted by Gasteiger charge is -2.33. The molecule has 1 fully saturated rings. The Morgan fingerprint density at radius 2 is 1.72 bits per heavy atom. The first-order valence-electron chi connectivity index (χ1n) is 13.6. The van der Waals surface area contributed by atoms with Crippen molar-refractivity contribution in [2.75, 3.05) is 6.61 Å². The number of halogens is 2. The first kappa shape index (κ1) is 29.0. The van der Waals surface area contributed by atoms with E-state index in [2.05, 4.69) is 5.32 Å². The van der Waals surface area contributed by atoms with Gasteiger partial charge in [0.1, 0.15) is 11.8 Å². The zero-order valence-corrected chi connectivity index (χ0v) is 24.1. The summed E-state index contributed by atoms with van der Waals surface area (Å²) in [7, 11) is 0. The number of nitrogens with one attached hydrogen (secondary N) is 1. The molecular formula is C32H36Cl2N2O3. The van der Waals surface area contributed by atoms with Crippen LogP contribution in [0.2, 0.25) is 10.0 Å². The van der Waals surface area contributed by atoms with Crippen LogP contribution in [0.25, 0.3) is 0 Å². The Balaban J connectivity index is 1.65. The second-order valence-electron chi connectivity index (χ2n) is 10.4. The van der Waals surface area contributed by atoms with Crippen LogP contribution in [-0.2, 0) is 22.6 Å². The molecule has 1 aliphatic rings. The van der Waals surface area contributed by atoms with Gasteiger partial charge in [0, 0.05) is 29.1 Å². The Kier molecular flexibility index (Phi) is 10.3. The molecule has 0 saturated heterocycles. The molecule has 0 heterocycles. The number of rotatable bonds is 10. The van der Waals surface area contributed by atoms with E-state index in [1.165, 1.54) is 6.42 Å². The van der Waals surface area contributed by atoms with Crippen LogP contribution in [0, 0.1) is 13.8 Å². The number of carbonyl (C=O) groups is 2. The maximum Gasteiger partial charge on any atom is 0.261 e. The van der Waals surface area contributed by atoms with Gasteiger partial charge in [-0.2, -0.15) is 0 Å². The van der Waals surface area contributed by atoms with Crippen molar-refractivity contribution in [1.82, 2.24) is 10.2 Å². The van der Waals surface area contributed by atoms with Gasteiger partial charge >= 0.3 is 0 Å². The molecule has 206 valence electrons. The van der Waals surface area contributed by atoms with Crippen LogP contribution in [-0.4, -0.2) is 35.4 Å². The summed E-state index contributed by atoms with van der Waals surface area (Å²) < 4.78 is 6.00. The van der Waals surface area contributed by atoms with E-state index in [-0.39, 0.29) is 31.0 Å². The van der Waals surface area contributed by atoms with Gasteiger partial charge in [0.25, 0.3) is 5.91 Å². The highest BCUT2D eigenvalue weighted by Gasteiger charge is 2.32. The predicted molar refractivity (Wildman–Crippen MR) is 157 cm³/mol. The van der Waals surface area contributed by atoms with E-state index in [9.17, 15) is 9.59 Å². The minimum absolute atomic E-state index is 0.117. The van der Waals surface area contributed by atoms with E-state index in [4.69, 9.17) is 27.9 Å². The van der Waals surface area contributed by atoms with Gasteiger partial charge in [-0.05, 0) is 67.1 Å². The van der Waals surface area contributed by atoms with E-state index in [1.807, 2.05) is 62.4 Å². The molecule has 7 heteroatoms. The first-order chi connectivity index (χ1) is 18.8. The maximum atomic E-state index is 13.9. The van der Waals surface area contributed by atoms with Crippen molar-refractivity contribution in [2.24, 2.45) is 0 Å². The molecule has 4 rings (SSSR count). The average molecular weight is 568 g/mol. The summed E-state index contributed by atoms with van der Waals surface area (Å²) in [5.74, 6) is 0.205. The Hall–Kier alpha value is -3.02. The van der Waals surface area contributed by atoms with E-state index < -0.39 is 6.04 Å². The second-order valence-corrected chi connectivity index (χ2v) is 11.2. The number of hydrogen-bond donors (Lipinski definition) is 1. The Bertz CT molecular complexity index is 1280. The number of amides is 2. The third-order valence-electron chi connectivity index (χ3n) is 7.27.